The van der Waals surface area contributed by atoms with Gasteiger partial charge in [0.1, 0.15) is 11.6 Å². The first-order valence-electron chi connectivity index (χ1n) is 6.38. The van der Waals surface area contributed by atoms with Crippen molar-refractivity contribution in [1.82, 2.24) is 5.32 Å². The van der Waals surface area contributed by atoms with Gasteiger partial charge in [-0.15, -0.1) is 0 Å². The summed E-state index contributed by atoms with van der Waals surface area (Å²) in [6.45, 7) is 3.74. The summed E-state index contributed by atoms with van der Waals surface area (Å²) < 4.78 is 29.9. The Morgan fingerprint density at radius 3 is 2.79 bits per heavy atom. The van der Waals surface area contributed by atoms with Crippen LogP contribution in [0.25, 0.3) is 0 Å². The Kier molecular flexibility index (Phi) is 3.57. The fraction of sp³-hybridized carbons (Fsp3) is 0.917. The maximum atomic E-state index is 12.2. The quantitative estimate of drug-likeness (QED) is 0.669. The number of nitrogens with two attached hydrogens (primary N) is 1. The number of nitrogens with one attached hydrogen (secondary N) is 1. The van der Waals surface area contributed by atoms with E-state index in [0.717, 1.165) is 0 Å². The number of carbonyl (C=O) groups excluding carboxylic acids is 1. The minimum absolute atomic E-state index is 0.0664. The molecule has 2 aliphatic rings. The monoisotopic (exact) mass is 278 g/mol. The predicted molar refractivity (Wildman–Crippen MR) is 63.6 cm³/mol. The van der Waals surface area contributed by atoms with Crippen molar-refractivity contribution in [2.24, 2.45) is 17.1 Å². The largest absolute Gasteiger partial charge is 0.385 e. The molecule has 0 spiro atoms. The minimum Gasteiger partial charge on any atom is -0.385 e. The lowest BCUT2D eigenvalue weighted by molar-refractivity contribution is -0.176. The number of halogens is 2. The maximum Gasteiger partial charge on any atom is 0.265 e. The molecule has 0 aromatic rings. The fourth-order valence-electron chi connectivity index (χ4n) is 3.28. The van der Waals surface area contributed by atoms with Crippen molar-refractivity contribution in [2.45, 2.75) is 44.4 Å². The SMILES string of the molecule is CC1(C)C2OCCC2C1(N)C(=O)NCC(O)C(F)F. The van der Waals surface area contributed by atoms with Gasteiger partial charge < -0.3 is 20.9 Å². The number of fused-ring (bicyclic) bond motifs is 1. The third kappa shape index (κ3) is 1.95. The summed E-state index contributed by atoms with van der Waals surface area (Å²) in [5.74, 6) is -0.588. The molecule has 2 fully saturated rings. The van der Waals surface area contributed by atoms with E-state index in [1.807, 2.05) is 13.8 Å². The van der Waals surface area contributed by atoms with Crippen LogP contribution in [0.5, 0.6) is 0 Å². The van der Waals surface area contributed by atoms with Gasteiger partial charge in [-0.2, -0.15) is 0 Å². The molecule has 0 aromatic heterocycles. The van der Waals surface area contributed by atoms with Crippen LogP contribution in [0.2, 0.25) is 0 Å². The number of alkyl halides is 2. The Morgan fingerprint density at radius 2 is 2.21 bits per heavy atom. The number of aliphatic hydroxyl groups is 1. The van der Waals surface area contributed by atoms with Crippen molar-refractivity contribution < 1.29 is 23.4 Å². The van der Waals surface area contributed by atoms with E-state index in [4.69, 9.17) is 15.6 Å². The molecule has 0 radical (unpaired) electrons. The van der Waals surface area contributed by atoms with Crippen molar-refractivity contribution in [3.8, 4) is 0 Å². The van der Waals surface area contributed by atoms with Crippen LogP contribution in [0.1, 0.15) is 20.3 Å². The second kappa shape index (κ2) is 4.64. The van der Waals surface area contributed by atoms with Crippen molar-refractivity contribution >= 4 is 5.91 Å². The van der Waals surface area contributed by atoms with Crippen LogP contribution < -0.4 is 11.1 Å². The van der Waals surface area contributed by atoms with Crippen molar-refractivity contribution in [1.29, 1.82) is 0 Å². The molecular formula is C12H20F2N2O3. The van der Waals surface area contributed by atoms with Gasteiger partial charge in [0.2, 0.25) is 5.91 Å². The van der Waals surface area contributed by atoms with Crippen LogP contribution in [0, 0.1) is 11.3 Å². The Labute approximate surface area is 110 Å². The molecule has 1 heterocycles. The van der Waals surface area contributed by atoms with Gasteiger partial charge in [0.05, 0.1) is 6.10 Å². The third-order valence-corrected chi connectivity index (χ3v) is 4.59. The van der Waals surface area contributed by atoms with Crippen molar-refractivity contribution in [3.63, 3.8) is 0 Å². The van der Waals surface area contributed by atoms with Crippen LogP contribution in [-0.4, -0.2) is 48.3 Å². The molecular weight excluding hydrogens is 258 g/mol. The van der Waals surface area contributed by atoms with E-state index in [1.165, 1.54) is 0 Å². The number of ether oxygens (including phenoxy) is 1. The van der Waals surface area contributed by atoms with E-state index in [0.29, 0.717) is 13.0 Å². The summed E-state index contributed by atoms with van der Waals surface area (Å²) in [4.78, 5) is 12.2. The van der Waals surface area contributed by atoms with E-state index in [2.05, 4.69) is 5.32 Å². The number of aliphatic hydroxyl groups excluding tert-OH is 1. The van der Waals surface area contributed by atoms with Gasteiger partial charge in [-0.05, 0) is 6.42 Å². The molecule has 19 heavy (non-hydrogen) atoms. The standard InChI is InChI=1S/C12H20F2N2O3/c1-11(2)8-6(3-4-19-8)12(11,15)10(18)16-5-7(17)9(13)14/h6-9,17H,3-5,15H2,1-2H3,(H,16,18). The van der Waals surface area contributed by atoms with Gasteiger partial charge in [0, 0.05) is 24.5 Å². The first-order valence-corrected chi connectivity index (χ1v) is 6.38. The molecule has 110 valence electrons. The molecule has 1 saturated heterocycles. The fourth-order valence-corrected chi connectivity index (χ4v) is 3.28. The van der Waals surface area contributed by atoms with Gasteiger partial charge in [0.15, 0.2) is 0 Å². The molecule has 1 aliphatic heterocycles. The van der Waals surface area contributed by atoms with E-state index in [-0.39, 0.29) is 12.0 Å². The zero-order valence-electron chi connectivity index (χ0n) is 11.0. The first kappa shape index (κ1) is 14.6. The predicted octanol–water partition coefficient (Wildman–Crippen LogP) is -0.129. The van der Waals surface area contributed by atoms with Gasteiger partial charge in [-0.3, -0.25) is 4.79 Å². The van der Waals surface area contributed by atoms with Crippen molar-refractivity contribution in [2.75, 3.05) is 13.2 Å². The van der Waals surface area contributed by atoms with E-state index in [9.17, 15) is 13.6 Å². The zero-order valence-corrected chi connectivity index (χ0v) is 11.0. The highest BCUT2D eigenvalue weighted by atomic mass is 19.3. The second-order valence-corrected chi connectivity index (χ2v) is 5.89. The van der Waals surface area contributed by atoms with Gasteiger partial charge in [-0.1, -0.05) is 13.8 Å². The molecule has 1 saturated carbocycles. The lowest BCUT2D eigenvalue weighted by Gasteiger charge is -2.60. The van der Waals surface area contributed by atoms with E-state index in [1.54, 1.807) is 0 Å². The topological polar surface area (TPSA) is 84.6 Å². The summed E-state index contributed by atoms with van der Waals surface area (Å²) in [5, 5.41) is 11.3. The summed E-state index contributed by atoms with van der Waals surface area (Å²) >= 11 is 0. The molecule has 1 aliphatic carbocycles. The number of rotatable bonds is 4. The molecule has 4 unspecified atom stereocenters. The van der Waals surface area contributed by atoms with E-state index < -0.39 is 35.9 Å². The molecule has 5 nitrogen and oxygen atoms in total. The van der Waals surface area contributed by atoms with Crippen LogP contribution >= 0.6 is 0 Å². The maximum absolute atomic E-state index is 12.2. The Morgan fingerprint density at radius 1 is 1.58 bits per heavy atom. The Balaban J connectivity index is 2.02. The number of hydrogen-bond donors (Lipinski definition) is 3. The van der Waals surface area contributed by atoms with Gasteiger partial charge in [-0.25, -0.2) is 8.78 Å². The summed E-state index contributed by atoms with van der Waals surface area (Å²) in [7, 11) is 0. The third-order valence-electron chi connectivity index (χ3n) is 4.59. The molecule has 0 bridgehead atoms. The number of amides is 1. The number of carbonyl (C=O) groups is 1. The molecule has 4 N–H and O–H groups in total. The lowest BCUT2D eigenvalue weighted by Crippen LogP contribution is -2.80. The molecule has 0 aromatic carbocycles. The van der Waals surface area contributed by atoms with Gasteiger partial charge >= 0.3 is 0 Å². The molecule has 2 rings (SSSR count). The average Bonchev–Trinajstić information content (AvgIpc) is 2.82. The van der Waals surface area contributed by atoms with Crippen LogP contribution in [-0.2, 0) is 9.53 Å². The Bertz CT molecular complexity index is 378. The van der Waals surface area contributed by atoms with Crippen molar-refractivity contribution in [3.05, 3.63) is 0 Å². The normalized spacial score (nSPS) is 37.6. The second-order valence-electron chi connectivity index (χ2n) is 5.89. The lowest BCUT2D eigenvalue weighted by atomic mass is 9.48. The highest BCUT2D eigenvalue weighted by molar-refractivity contribution is 5.89. The zero-order chi connectivity index (χ0) is 14.4. The minimum atomic E-state index is -2.88. The highest BCUT2D eigenvalue weighted by Crippen LogP contribution is 2.58. The molecule has 7 heteroatoms. The summed E-state index contributed by atoms with van der Waals surface area (Å²) in [6.07, 6.45) is -4.13. The smallest absolute Gasteiger partial charge is 0.265 e. The summed E-state index contributed by atoms with van der Waals surface area (Å²) in [5.41, 5.74) is 4.53. The molecule has 4 atom stereocenters. The van der Waals surface area contributed by atoms with Crippen LogP contribution in [0.4, 0.5) is 8.78 Å². The Hall–Kier alpha value is -0.790. The number of hydrogen-bond acceptors (Lipinski definition) is 4. The van der Waals surface area contributed by atoms with E-state index >= 15 is 0 Å². The van der Waals surface area contributed by atoms with Crippen LogP contribution in [0.15, 0.2) is 0 Å². The average molecular weight is 278 g/mol. The molecule has 1 amide bonds. The van der Waals surface area contributed by atoms with Gasteiger partial charge in [0.25, 0.3) is 6.43 Å². The first-order chi connectivity index (χ1) is 8.73. The summed E-state index contributed by atoms with van der Waals surface area (Å²) in [6, 6.07) is 0. The van der Waals surface area contributed by atoms with Crippen LogP contribution in [0.3, 0.4) is 0 Å². The highest BCUT2D eigenvalue weighted by Gasteiger charge is 2.71.